The Morgan fingerprint density at radius 3 is 2.30 bits per heavy atom. The second kappa shape index (κ2) is 9.89. The molecule has 2 aromatic rings. The number of carbonyl (C=O) groups is 2. The van der Waals surface area contributed by atoms with Crippen molar-refractivity contribution in [2.45, 2.75) is 6.92 Å². The zero-order valence-electron chi connectivity index (χ0n) is 15.1. The molecule has 144 valence electrons. The first-order valence-electron chi connectivity index (χ1n) is 8.32. The van der Waals surface area contributed by atoms with E-state index >= 15 is 0 Å². The largest absolute Gasteiger partial charge is 0.497 e. The number of nitrogens with one attached hydrogen (secondary N) is 2. The van der Waals surface area contributed by atoms with Gasteiger partial charge in [0.05, 0.1) is 25.9 Å². The molecule has 0 aliphatic rings. The standard InChI is InChI=1S/C19H21ClFN3O3/c1-3-24(11-18(25)22-14-5-7-15(27-2)8-6-14)12-19(26)23-17-10-13(20)4-9-16(17)21/h4-10H,3,11-12H2,1-2H3,(H,22,25)(H,23,26). The third-order valence-corrected chi connectivity index (χ3v) is 3.99. The van der Waals surface area contributed by atoms with Crippen LogP contribution in [0.15, 0.2) is 42.5 Å². The van der Waals surface area contributed by atoms with Crippen molar-refractivity contribution >= 4 is 34.8 Å². The lowest BCUT2D eigenvalue weighted by Crippen LogP contribution is -2.38. The van der Waals surface area contributed by atoms with Crippen LogP contribution in [-0.2, 0) is 9.59 Å². The highest BCUT2D eigenvalue weighted by Crippen LogP contribution is 2.19. The van der Waals surface area contributed by atoms with E-state index in [0.717, 1.165) is 0 Å². The maximum Gasteiger partial charge on any atom is 0.238 e. The predicted molar refractivity (Wildman–Crippen MR) is 104 cm³/mol. The van der Waals surface area contributed by atoms with Crippen LogP contribution in [0, 0.1) is 5.82 Å². The highest BCUT2D eigenvalue weighted by Gasteiger charge is 2.15. The summed E-state index contributed by atoms with van der Waals surface area (Å²) >= 11 is 5.81. The van der Waals surface area contributed by atoms with Crippen LogP contribution in [0.2, 0.25) is 5.02 Å². The van der Waals surface area contributed by atoms with Gasteiger partial charge < -0.3 is 15.4 Å². The summed E-state index contributed by atoms with van der Waals surface area (Å²) in [5.41, 5.74) is 0.633. The molecule has 0 atom stereocenters. The number of hydrogen-bond donors (Lipinski definition) is 2. The molecule has 2 aromatic carbocycles. The van der Waals surface area contributed by atoms with Gasteiger partial charge in [-0.1, -0.05) is 18.5 Å². The molecule has 0 bridgehead atoms. The van der Waals surface area contributed by atoms with E-state index in [9.17, 15) is 14.0 Å². The molecule has 27 heavy (non-hydrogen) atoms. The van der Waals surface area contributed by atoms with E-state index in [1.165, 1.54) is 18.2 Å². The number of likely N-dealkylation sites (N-methyl/N-ethyl adjacent to an activating group) is 1. The third kappa shape index (κ3) is 6.54. The van der Waals surface area contributed by atoms with E-state index in [1.807, 2.05) is 6.92 Å². The van der Waals surface area contributed by atoms with Gasteiger partial charge in [0, 0.05) is 10.7 Å². The zero-order chi connectivity index (χ0) is 19.8. The van der Waals surface area contributed by atoms with Crippen molar-refractivity contribution in [2.75, 3.05) is 37.4 Å². The average molecular weight is 394 g/mol. The first-order chi connectivity index (χ1) is 12.9. The summed E-state index contributed by atoms with van der Waals surface area (Å²) in [4.78, 5) is 26.0. The number of benzene rings is 2. The summed E-state index contributed by atoms with van der Waals surface area (Å²) in [6.45, 7) is 2.27. The minimum atomic E-state index is -0.576. The molecule has 0 unspecified atom stereocenters. The quantitative estimate of drug-likeness (QED) is 0.721. The van der Waals surface area contributed by atoms with Crippen LogP contribution < -0.4 is 15.4 Å². The first kappa shape index (κ1) is 20.7. The summed E-state index contributed by atoms with van der Waals surface area (Å²) in [7, 11) is 1.56. The first-order valence-corrected chi connectivity index (χ1v) is 8.70. The molecule has 0 saturated carbocycles. The molecule has 0 spiro atoms. The Morgan fingerprint density at radius 2 is 1.70 bits per heavy atom. The average Bonchev–Trinajstić information content (AvgIpc) is 2.64. The minimum Gasteiger partial charge on any atom is -0.497 e. The molecule has 0 aliphatic heterocycles. The van der Waals surface area contributed by atoms with E-state index in [4.69, 9.17) is 16.3 Å². The van der Waals surface area contributed by atoms with Crippen LogP contribution in [0.1, 0.15) is 6.92 Å². The van der Waals surface area contributed by atoms with Crippen molar-refractivity contribution in [3.8, 4) is 5.75 Å². The van der Waals surface area contributed by atoms with Crippen molar-refractivity contribution in [1.29, 1.82) is 0 Å². The molecule has 0 aromatic heterocycles. The van der Waals surface area contributed by atoms with Crippen molar-refractivity contribution in [2.24, 2.45) is 0 Å². The van der Waals surface area contributed by atoms with E-state index in [0.29, 0.717) is 23.0 Å². The molecule has 2 N–H and O–H groups in total. The molecule has 6 nitrogen and oxygen atoms in total. The fraction of sp³-hybridized carbons (Fsp3) is 0.263. The molecule has 2 rings (SSSR count). The highest BCUT2D eigenvalue weighted by molar-refractivity contribution is 6.30. The number of halogens is 2. The highest BCUT2D eigenvalue weighted by atomic mass is 35.5. The Hall–Kier alpha value is -2.64. The van der Waals surface area contributed by atoms with Gasteiger partial charge in [-0.05, 0) is 49.0 Å². The monoisotopic (exact) mass is 393 g/mol. The van der Waals surface area contributed by atoms with E-state index in [2.05, 4.69) is 10.6 Å². The maximum atomic E-state index is 13.7. The van der Waals surface area contributed by atoms with Gasteiger partial charge in [-0.25, -0.2) is 4.39 Å². The summed E-state index contributed by atoms with van der Waals surface area (Å²) in [5.74, 6) is -0.583. The Kier molecular flexibility index (Phi) is 7.57. The molecule has 0 fully saturated rings. The molecule has 2 amide bonds. The van der Waals surface area contributed by atoms with Gasteiger partial charge in [0.2, 0.25) is 11.8 Å². The number of carbonyl (C=O) groups excluding carboxylic acids is 2. The summed E-state index contributed by atoms with van der Waals surface area (Å²) in [6, 6.07) is 10.8. The lowest BCUT2D eigenvalue weighted by atomic mass is 10.3. The fourth-order valence-electron chi connectivity index (χ4n) is 2.34. The third-order valence-electron chi connectivity index (χ3n) is 3.76. The fourth-order valence-corrected chi connectivity index (χ4v) is 2.52. The number of nitrogens with zero attached hydrogens (tertiary/aromatic N) is 1. The van der Waals surface area contributed by atoms with Crippen LogP contribution in [0.25, 0.3) is 0 Å². The summed E-state index contributed by atoms with van der Waals surface area (Å²) in [6.07, 6.45) is 0. The number of amides is 2. The van der Waals surface area contributed by atoms with Crippen molar-refractivity contribution in [3.05, 3.63) is 53.3 Å². The molecule has 0 radical (unpaired) electrons. The molecule has 0 heterocycles. The van der Waals surface area contributed by atoms with Crippen LogP contribution >= 0.6 is 11.6 Å². The molecular weight excluding hydrogens is 373 g/mol. The summed E-state index contributed by atoms with van der Waals surface area (Å²) in [5, 5.41) is 5.54. The number of ether oxygens (including phenoxy) is 1. The van der Waals surface area contributed by atoms with Crippen molar-refractivity contribution < 1.29 is 18.7 Å². The molecule has 0 saturated heterocycles. The van der Waals surface area contributed by atoms with Crippen LogP contribution in [0.5, 0.6) is 5.75 Å². The van der Waals surface area contributed by atoms with Crippen LogP contribution in [-0.4, -0.2) is 43.5 Å². The number of rotatable bonds is 8. The smallest absolute Gasteiger partial charge is 0.238 e. The summed E-state index contributed by atoms with van der Waals surface area (Å²) < 4.78 is 18.8. The topological polar surface area (TPSA) is 70.7 Å². The molecule has 0 aliphatic carbocycles. The van der Waals surface area contributed by atoms with Gasteiger partial charge in [0.15, 0.2) is 0 Å². The minimum absolute atomic E-state index is 0.00578. The second-order valence-corrected chi connectivity index (χ2v) is 6.19. The Morgan fingerprint density at radius 1 is 1.07 bits per heavy atom. The van der Waals surface area contributed by atoms with Crippen LogP contribution in [0.4, 0.5) is 15.8 Å². The van der Waals surface area contributed by atoms with Gasteiger partial charge in [0.1, 0.15) is 11.6 Å². The molecular formula is C19H21ClFN3O3. The zero-order valence-corrected chi connectivity index (χ0v) is 15.8. The maximum absolute atomic E-state index is 13.7. The van der Waals surface area contributed by atoms with Crippen molar-refractivity contribution in [3.63, 3.8) is 0 Å². The van der Waals surface area contributed by atoms with Crippen molar-refractivity contribution in [1.82, 2.24) is 4.90 Å². The number of anilines is 2. The Bertz CT molecular complexity index is 799. The lowest BCUT2D eigenvalue weighted by Gasteiger charge is -2.19. The van der Waals surface area contributed by atoms with Gasteiger partial charge in [0.25, 0.3) is 0 Å². The predicted octanol–water partition coefficient (Wildman–Crippen LogP) is 3.39. The normalized spacial score (nSPS) is 10.6. The lowest BCUT2D eigenvalue weighted by molar-refractivity contribution is -0.119. The molecule has 8 heteroatoms. The van der Waals surface area contributed by atoms with E-state index in [-0.39, 0.29) is 24.7 Å². The SMILES string of the molecule is CCN(CC(=O)Nc1ccc(OC)cc1)CC(=O)Nc1cc(Cl)ccc1F. The van der Waals surface area contributed by atoms with Gasteiger partial charge in [-0.15, -0.1) is 0 Å². The van der Waals surface area contributed by atoms with E-state index < -0.39 is 11.7 Å². The second-order valence-electron chi connectivity index (χ2n) is 5.75. The van der Waals surface area contributed by atoms with Gasteiger partial charge in [-0.2, -0.15) is 0 Å². The van der Waals surface area contributed by atoms with Crippen LogP contribution in [0.3, 0.4) is 0 Å². The van der Waals surface area contributed by atoms with Gasteiger partial charge >= 0.3 is 0 Å². The number of methoxy groups -OCH3 is 1. The Balaban J connectivity index is 1.88. The van der Waals surface area contributed by atoms with E-state index in [1.54, 1.807) is 36.3 Å². The van der Waals surface area contributed by atoms with Gasteiger partial charge in [-0.3, -0.25) is 14.5 Å². The number of hydrogen-bond acceptors (Lipinski definition) is 4. The Labute approximate surface area is 162 Å².